The summed E-state index contributed by atoms with van der Waals surface area (Å²) in [5.74, 6) is -0.188. The molecule has 0 bridgehead atoms. The molecule has 5 nitrogen and oxygen atoms in total. The van der Waals surface area contributed by atoms with Crippen LogP contribution >= 0.6 is 35.7 Å². The zero-order valence-corrected chi connectivity index (χ0v) is 16.8. The van der Waals surface area contributed by atoms with E-state index in [1.54, 1.807) is 23.5 Å². The lowest BCUT2D eigenvalue weighted by Crippen LogP contribution is -2.66. The summed E-state index contributed by atoms with van der Waals surface area (Å²) in [6.07, 6.45) is 5.67. The van der Waals surface area contributed by atoms with Crippen LogP contribution in [0.1, 0.15) is 33.6 Å². The quantitative estimate of drug-likeness (QED) is 0.302. The molecule has 0 aliphatic carbocycles. The van der Waals surface area contributed by atoms with E-state index in [0.717, 1.165) is 19.4 Å². The standard InChI is InChI=1S/C15H26N2O3S3/c1-10(2)12-13(19)16-14(21)17(15(12,22-4)23-5)8-6-7-9-20-11(3)18/h10,12H,6-9H2,1-5H3,(H,16,19,21). The highest BCUT2D eigenvalue weighted by atomic mass is 32.2. The minimum atomic E-state index is -0.394. The SMILES string of the molecule is CSC1(SC)C(C(C)C)C(=O)NC(=S)N1CCCCOC(C)=O. The number of thiocarbonyl (C=S) groups is 1. The van der Waals surface area contributed by atoms with Crippen molar-refractivity contribution < 1.29 is 14.3 Å². The summed E-state index contributed by atoms with van der Waals surface area (Å²) in [7, 11) is 0. The normalized spacial score (nSPS) is 20.6. The van der Waals surface area contributed by atoms with E-state index in [4.69, 9.17) is 17.0 Å². The second-order valence-corrected chi connectivity index (χ2v) is 8.46. The number of rotatable bonds is 8. The molecule has 1 atom stereocenters. The Morgan fingerprint density at radius 2 is 2.00 bits per heavy atom. The first-order chi connectivity index (χ1) is 10.8. The van der Waals surface area contributed by atoms with Crippen LogP contribution < -0.4 is 5.32 Å². The van der Waals surface area contributed by atoms with Crippen molar-refractivity contribution in [1.29, 1.82) is 0 Å². The van der Waals surface area contributed by atoms with Crippen molar-refractivity contribution in [3.8, 4) is 0 Å². The van der Waals surface area contributed by atoms with E-state index >= 15 is 0 Å². The molecule has 1 unspecified atom stereocenters. The zero-order chi connectivity index (χ0) is 17.6. The number of unbranched alkanes of at least 4 members (excludes halogenated alkanes) is 1. The molecule has 0 aromatic heterocycles. The van der Waals surface area contributed by atoms with Gasteiger partial charge in [-0.1, -0.05) is 13.8 Å². The molecule has 1 heterocycles. The lowest BCUT2D eigenvalue weighted by atomic mass is 9.92. The van der Waals surface area contributed by atoms with E-state index in [-0.39, 0.29) is 23.7 Å². The minimum Gasteiger partial charge on any atom is -0.466 e. The Bertz CT molecular complexity index is 453. The van der Waals surface area contributed by atoms with Crippen LogP contribution in [0.25, 0.3) is 0 Å². The average molecular weight is 379 g/mol. The number of carbonyl (C=O) groups is 2. The predicted octanol–water partition coefficient (Wildman–Crippen LogP) is 2.70. The molecule has 1 aliphatic rings. The van der Waals surface area contributed by atoms with Crippen LogP contribution in [-0.2, 0) is 14.3 Å². The maximum Gasteiger partial charge on any atom is 0.302 e. The van der Waals surface area contributed by atoms with E-state index in [9.17, 15) is 9.59 Å². The van der Waals surface area contributed by atoms with E-state index in [1.165, 1.54) is 6.92 Å². The summed E-state index contributed by atoms with van der Waals surface area (Å²) < 4.78 is 4.57. The summed E-state index contributed by atoms with van der Waals surface area (Å²) in [5, 5.41) is 3.34. The highest BCUT2D eigenvalue weighted by Gasteiger charge is 2.52. The highest BCUT2D eigenvalue weighted by molar-refractivity contribution is 8.17. The predicted molar refractivity (Wildman–Crippen MR) is 101 cm³/mol. The third kappa shape index (κ3) is 4.76. The van der Waals surface area contributed by atoms with Crippen LogP contribution in [0, 0.1) is 11.8 Å². The maximum atomic E-state index is 12.5. The third-order valence-electron chi connectivity index (χ3n) is 3.86. The molecule has 0 saturated carbocycles. The fourth-order valence-electron chi connectivity index (χ4n) is 2.85. The molecule has 0 radical (unpaired) electrons. The van der Waals surface area contributed by atoms with Gasteiger partial charge in [0.15, 0.2) is 5.11 Å². The van der Waals surface area contributed by atoms with Crippen molar-refractivity contribution in [3.05, 3.63) is 0 Å². The molecule has 1 saturated heterocycles. The van der Waals surface area contributed by atoms with Crippen LogP contribution in [-0.4, -0.2) is 51.8 Å². The molecule has 0 spiro atoms. The lowest BCUT2D eigenvalue weighted by Gasteiger charge is -2.51. The Balaban J connectivity index is 2.86. The first kappa shape index (κ1) is 20.6. The monoisotopic (exact) mass is 378 g/mol. The Morgan fingerprint density at radius 3 is 2.48 bits per heavy atom. The summed E-state index contributed by atoms with van der Waals surface area (Å²) in [6.45, 7) is 6.69. The summed E-state index contributed by atoms with van der Waals surface area (Å²) in [6, 6.07) is 0. The largest absolute Gasteiger partial charge is 0.466 e. The van der Waals surface area contributed by atoms with Gasteiger partial charge in [-0.15, -0.1) is 23.5 Å². The minimum absolute atomic E-state index is 0.00450. The van der Waals surface area contributed by atoms with Gasteiger partial charge in [0, 0.05) is 13.5 Å². The van der Waals surface area contributed by atoms with Gasteiger partial charge in [-0.3, -0.25) is 9.59 Å². The number of esters is 1. The number of hydrogen-bond acceptors (Lipinski definition) is 6. The summed E-state index contributed by atoms with van der Waals surface area (Å²) >= 11 is 8.76. The smallest absolute Gasteiger partial charge is 0.302 e. The van der Waals surface area contributed by atoms with Gasteiger partial charge in [-0.2, -0.15) is 0 Å². The van der Waals surface area contributed by atoms with Crippen LogP contribution in [0.2, 0.25) is 0 Å². The molecule has 0 aromatic carbocycles. The van der Waals surface area contributed by atoms with Crippen molar-refractivity contribution in [2.75, 3.05) is 25.7 Å². The Kier molecular flexibility index (Phi) is 8.17. The van der Waals surface area contributed by atoms with Gasteiger partial charge < -0.3 is 15.0 Å². The molecule has 8 heteroatoms. The number of thioether (sulfide) groups is 2. The van der Waals surface area contributed by atoms with Crippen molar-refractivity contribution in [1.82, 2.24) is 10.2 Å². The first-order valence-electron chi connectivity index (χ1n) is 7.66. The molecule has 1 rings (SSSR count). The van der Waals surface area contributed by atoms with E-state index < -0.39 is 4.20 Å². The second-order valence-electron chi connectivity index (χ2n) is 5.75. The van der Waals surface area contributed by atoms with Gasteiger partial charge >= 0.3 is 5.97 Å². The maximum absolute atomic E-state index is 12.5. The first-order valence-corrected chi connectivity index (χ1v) is 10.5. The van der Waals surface area contributed by atoms with Crippen LogP contribution in [0.4, 0.5) is 0 Å². The lowest BCUT2D eigenvalue weighted by molar-refractivity contribution is -0.141. The molecule has 23 heavy (non-hydrogen) atoms. The van der Waals surface area contributed by atoms with Crippen molar-refractivity contribution in [2.45, 2.75) is 37.8 Å². The molecule has 132 valence electrons. The number of nitrogens with one attached hydrogen (secondary N) is 1. The fraction of sp³-hybridized carbons (Fsp3) is 0.800. The Hall–Kier alpha value is -0.470. The third-order valence-corrected chi connectivity index (χ3v) is 7.30. The molecular weight excluding hydrogens is 352 g/mol. The second kappa shape index (κ2) is 9.13. The number of nitrogens with zero attached hydrogens (tertiary/aromatic N) is 1. The zero-order valence-electron chi connectivity index (χ0n) is 14.4. The molecule has 1 amide bonds. The van der Waals surface area contributed by atoms with Gasteiger partial charge in [0.1, 0.15) is 4.20 Å². The number of ether oxygens (including phenoxy) is 1. The highest BCUT2D eigenvalue weighted by Crippen LogP contribution is 2.48. The molecule has 1 N–H and O–H groups in total. The Morgan fingerprint density at radius 1 is 1.39 bits per heavy atom. The van der Waals surface area contributed by atoms with Crippen LogP contribution in [0.5, 0.6) is 0 Å². The van der Waals surface area contributed by atoms with Gasteiger partial charge in [-0.25, -0.2) is 0 Å². The van der Waals surface area contributed by atoms with Crippen LogP contribution in [0.15, 0.2) is 0 Å². The van der Waals surface area contributed by atoms with Crippen molar-refractivity contribution >= 4 is 52.7 Å². The van der Waals surface area contributed by atoms with Gasteiger partial charge in [0.25, 0.3) is 0 Å². The van der Waals surface area contributed by atoms with Crippen molar-refractivity contribution in [2.24, 2.45) is 11.8 Å². The average Bonchev–Trinajstić information content (AvgIpc) is 2.47. The number of amides is 1. The number of carbonyl (C=O) groups excluding carboxylic acids is 2. The van der Waals surface area contributed by atoms with E-state index in [2.05, 4.69) is 24.1 Å². The van der Waals surface area contributed by atoms with Crippen LogP contribution in [0.3, 0.4) is 0 Å². The Labute approximate surface area is 152 Å². The topological polar surface area (TPSA) is 58.6 Å². The van der Waals surface area contributed by atoms with Crippen molar-refractivity contribution in [3.63, 3.8) is 0 Å². The number of hydrogen-bond donors (Lipinski definition) is 1. The molecule has 0 aromatic rings. The fourth-order valence-corrected chi connectivity index (χ4v) is 6.04. The van der Waals surface area contributed by atoms with Gasteiger partial charge in [0.05, 0.1) is 12.5 Å². The van der Waals surface area contributed by atoms with E-state index in [0.29, 0.717) is 11.7 Å². The van der Waals surface area contributed by atoms with Gasteiger partial charge in [0.2, 0.25) is 5.91 Å². The molecule has 1 fully saturated rings. The summed E-state index contributed by atoms with van der Waals surface area (Å²) in [4.78, 5) is 25.4. The molecule has 1 aliphatic heterocycles. The molecular formula is C15H26N2O3S3. The summed E-state index contributed by atoms with van der Waals surface area (Å²) in [5.41, 5.74) is 0. The van der Waals surface area contributed by atoms with Gasteiger partial charge in [-0.05, 0) is 43.5 Å². The van der Waals surface area contributed by atoms with E-state index in [1.807, 2.05) is 12.5 Å².